The molecule has 4 rings (SSSR count). The molecule has 1 aliphatic rings. The van der Waals surface area contributed by atoms with Crippen LogP contribution in [0.4, 0.5) is 8.78 Å². The number of rotatable bonds is 4. The van der Waals surface area contributed by atoms with Crippen molar-refractivity contribution < 1.29 is 18.1 Å². The summed E-state index contributed by atoms with van der Waals surface area (Å²) < 4.78 is 32.2. The number of hydrogen-bond acceptors (Lipinski definition) is 4. The highest BCUT2D eigenvalue weighted by molar-refractivity contribution is 6.30. The van der Waals surface area contributed by atoms with Gasteiger partial charge in [-0.3, -0.25) is 4.79 Å². The third-order valence-electron chi connectivity index (χ3n) is 4.46. The van der Waals surface area contributed by atoms with Gasteiger partial charge < -0.3 is 9.42 Å². The molecule has 1 atom stereocenters. The summed E-state index contributed by atoms with van der Waals surface area (Å²) in [7, 11) is 0. The Morgan fingerprint density at radius 2 is 2.07 bits per heavy atom. The largest absolute Gasteiger partial charge is 0.339 e. The van der Waals surface area contributed by atoms with Crippen LogP contribution in [0.15, 0.2) is 47.0 Å². The molecule has 0 bridgehead atoms. The predicted molar refractivity (Wildman–Crippen MR) is 93.9 cm³/mol. The molecule has 1 saturated heterocycles. The smallest absolute Gasteiger partial charge is 0.232 e. The van der Waals surface area contributed by atoms with Crippen molar-refractivity contribution in [3.05, 3.63) is 70.6 Å². The lowest BCUT2D eigenvalue weighted by Crippen LogP contribution is -2.25. The lowest BCUT2D eigenvalue weighted by molar-refractivity contribution is -0.128. The zero-order valence-electron chi connectivity index (χ0n) is 14.0. The van der Waals surface area contributed by atoms with Crippen LogP contribution in [-0.4, -0.2) is 27.5 Å². The summed E-state index contributed by atoms with van der Waals surface area (Å²) in [6.45, 7) is 0.392. The minimum Gasteiger partial charge on any atom is -0.339 e. The Morgan fingerprint density at radius 3 is 2.85 bits per heavy atom. The lowest BCUT2D eigenvalue weighted by atomic mass is 10.1. The number of hydrogen-bond donors (Lipinski definition) is 0. The van der Waals surface area contributed by atoms with Gasteiger partial charge in [-0.05, 0) is 18.2 Å². The van der Waals surface area contributed by atoms with E-state index >= 15 is 0 Å². The first-order valence-electron chi connectivity index (χ1n) is 8.31. The Bertz CT molecular complexity index is 1010. The Labute approximate surface area is 158 Å². The molecule has 8 heteroatoms. The van der Waals surface area contributed by atoms with Gasteiger partial charge in [-0.2, -0.15) is 4.98 Å². The van der Waals surface area contributed by atoms with Gasteiger partial charge in [0.15, 0.2) is 0 Å². The van der Waals surface area contributed by atoms with E-state index in [0.717, 1.165) is 6.07 Å². The summed E-state index contributed by atoms with van der Waals surface area (Å²) in [5, 5.41) is 4.51. The third kappa shape index (κ3) is 3.68. The van der Waals surface area contributed by atoms with Gasteiger partial charge in [-0.25, -0.2) is 8.78 Å². The van der Waals surface area contributed by atoms with Crippen molar-refractivity contribution in [3.63, 3.8) is 0 Å². The molecular weight excluding hydrogens is 376 g/mol. The van der Waals surface area contributed by atoms with E-state index in [1.54, 1.807) is 18.2 Å². The summed E-state index contributed by atoms with van der Waals surface area (Å²) in [4.78, 5) is 18.2. The Hall–Kier alpha value is -2.80. The monoisotopic (exact) mass is 389 g/mol. The zero-order valence-corrected chi connectivity index (χ0v) is 14.8. The minimum absolute atomic E-state index is 0.0662. The molecule has 2 heterocycles. The average Bonchev–Trinajstić information content (AvgIpc) is 3.25. The van der Waals surface area contributed by atoms with Crippen LogP contribution in [0.1, 0.15) is 23.8 Å². The fourth-order valence-electron chi connectivity index (χ4n) is 3.09. The quantitative estimate of drug-likeness (QED) is 0.671. The maximum atomic E-state index is 13.8. The van der Waals surface area contributed by atoms with Crippen LogP contribution in [0.5, 0.6) is 0 Å². The van der Waals surface area contributed by atoms with Crippen molar-refractivity contribution in [2.75, 3.05) is 6.54 Å². The number of aromatic nitrogens is 2. The molecule has 1 aromatic heterocycles. The van der Waals surface area contributed by atoms with Gasteiger partial charge in [0.2, 0.25) is 17.6 Å². The van der Waals surface area contributed by atoms with E-state index in [1.165, 1.54) is 17.0 Å². The predicted octanol–water partition coefficient (Wildman–Crippen LogP) is 4.18. The van der Waals surface area contributed by atoms with Crippen molar-refractivity contribution in [1.29, 1.82) is 0 Å². The van der Waals surface area contributed by atoms with Crippen LogP contribution >= 0.6 is 11.6 Å². The molecule has 5 nitrogen and oxygen atoms in total. The van der Waals surface area contributed by atoms with Gasteiger partial charge in [-0.15, -0.1) is 0 Å². The first kappa shape index (κ1) is 17.6. The highest BCUT2D eigenvalue weighted by atomic mass is 35.5. The fourth-order valence-corrected chi connectivity index (χ4v) is 3.28. The molecule has 1 unspecified atom stereocenters. The van der Waals surface area contributed by atoms with Crippen LogP contribution in [0.3, 0.4) is 0 Å². The second-order valence-corrected chi connectivity index (χ2v) is 6.81. The van der Waals surface area contributed by atoms with E-state index in [0.29, 0.717) is 28.8 Å². The number of amides is 1. The molecule has 2 aromatic carbocycles. The number of nitrogens with zero attached hydrogens (tertiary/aromatic N) is 3. The van der Waals surface area contributed by atoms with Crippen LogP contribution in [0.25, 0.3) is 11.4 Å². The number of likely N-dealkylation sites (tertiary alicyclic amines) is 1. The summed E-state index contributed by atoms with van der Waals surface area (Å²) in [5.74, 6) is -1.01. The second-order valence-electron chi connectivity index (χ2n) is 6.38. The minimum atomic E-state index is -0.674. The molecule has 1 amide bonds. The number of benzene rings is 2. The van der Waals surface area contributed by atoms with Crippen molar-refractivity contribution in [2.24, 2.45) is 0 Å². The summed E-state index contributed by atoms with van der Waals surface area (Å²) >= 11 is 5.97. The molecule has 3 aromatic rings. The van der Waals surface area contributed by atoms with Crippen molar-refractivity contribution in [2.45, 2.75) is 18.9 Å². The SMILES string of the molecule is O=C1CC(c2nc(-c3cccc(Cl)c3)no2)CN1Cc1ccc(F)cc1F. The zero-order chi connectivity index (χ0) is 19.0. The molecule has 1 aliphatic heterocycles. The van der Waals surface area contributed by atoms with Gasteiger partial charge in [-0.1, -0.05) is 35.0 Å². The van der Waals surface area contributed by atoms with Gasteiger partial charge in [0.25, 0.3) is 0 Å². The van der Waals surface area contributed by atoms with Crippen LogP contribution in [0, 0.1) is 11.6 Å². The number of halogens is 3. The van der Waals surface area contributed by atoms with Crippen LogP contribution in [-0.2, 0) is 11.3 Å². The number of carbonyl (C=O) groups is 1. The molecule has 138 valence electrons. The maximum Gasteiger partial charge on any atom is 0.232 e. The Balaban J connectivity index is 1.49. The van der Waals surface area contributed by atoms with Gasteiger partial charge >= 0.3 is 0 Å². The van der Waals surface area contributed by atoms with Crippen molar-refractivity contribution in [1.82, 2.24) is 15.0 Å². The van der Waals surface area contributed by atoms with Crippen molar-refractivity contribution in [3.8, 4) is 11.4 Å². The van der Waals surface area contributed by atoms with Gasteiger partial charge in [0, 0.05) is 41.7 Å². The van der Waals surface area contributed by atoms with E-state index in [4.69, 9.17) is 16.1 Å². The Morgan fingerprint density at radius 1 is 1.22 bits per heavy atom. The first-order chi connectivity index (χ1) is 13.0. The summed E-state index contributed by atoms with van der Waals surface area (Å²) in [6, 6.07) is 10.4. The van der Waals surface area contributed by atoms with E-state index in [-0.39, 0.29) is 30.4 Å². The molecule has 27 heavy (non-hydrogen) atoms. The molecular formula is C19H14ClF2N3O2. The fraction of sp³-hybridized carbons (Fsp3) is 0.211. The topological polar surface area (TPSA) is 59.2 Å². The second kappa shape index (κ2) is 7.08. The van der Waals surface area contributed by atoms with E-state index in [2.05, 4.69) is 10.1 Å². The third-order valence-corrected chi connectivity index (χ3v) is 4.70. The van der Waals surface area contributed by atoms with Crippen LogP contribution in [0.2, 0.25) is 5.02 Å². The average molecular weight is 390 g/mol. The van der Waals surface area contributed by atoms with Gasteiger partial charge in [0.05, 0.1) is 5.92 Å². The molecule has 0 aliphatic carbocycles. The molecule has 0 spiro atoms. The van der Waals surface area contributed by atoms with Gasteiger partial charge in [0.1, 0.15) is 11.6 Å². The molecule has 0 radical (unpaired) electrons. The number of carbonyl (C=O) groups excluding carboxylic acids is 1. The van der Waals surface area contributed by atoms with E-state index in [9.17, 15) is 13.6 Å². The summed E-state index contributed by atoms with van der Waals surface area (Å²) in [6.07, 6.45) is 0.194. The summed E-state index contributed by atoms with van der Waals surface area (Å²) in [5.41, 5.74) is 0.975. The first-order valence-corrected chi connectivity index (χ1v) is 8.68. The normalized spacial score (nSPS) is 16.9. The standard InChI is InChI=1S/C19H14ClF2N3O2/c20-14-3-1-2-11(6-14)18-23-19(27-24-18)13-7-17(26)25(10-13)9-12-4-5-15(21)8-16(12)22/h1-6,8,13H,7,9-10H2. The maximum absolute atomic E-state index is 13.8. The van der Waals surface area contributed by atoms with Crippen molar-refractivity contribution >= 4 is 17.5 Å². The van der Waals surface area contributed by atoms with E-state index < -0.39 is 11.6 Å². The highest BCUT2D eigenvalue weighted by Crippen LogP contribution is 2.30. The molecule has 0 saturated carbocycles. The molecule has 1 fully saturated rings. The molecule has 0 N–H and O–H groups in total. The Kier molecular flexibility index (Phi) is 4.61. The van der Waals surface area contributed by atoms with E-state index in [1.807, 2.05) is 6.07 Å². The van der Waals surface area contributed by atoms with Crippen LogP contribution < -0.4 is 0 Å². The lowest BCUT2D eigenvalue weighted by Gasteiger charge is -2.16. The highest BCUT2D eigenvalue weighted by Gasteiger charge is 2.34.